The van der Waals surface area contributed by atoms with E-state index in [4.69, 9.17) is 0 Å². The quantitative estimate of drug-likeness (QED) is 0.788. The van der Waals surface area contributed by atoms with E-state index in [2.05, 4.69) is 34.4 Å². The Hall–Kier alpha value is -1.32. The third kappa shape index (κ3) is 4.66. The molecule has 4 heteroatoms. The normalized spacial score (nSPS) is 22.5. The smallest absolute Gasteiger partial charge is 0.147 e. The summed E-state index contributed by atoms with van der Waals surface area (Å²) >= 11 is 0. The molecule has 1 aliphatic carbocycles. The van der Waals surface area contributed by atoms with Gasteiger partial charge in [-0.2, -0.15) is 0 Å². The number of rotatable bonds is 7. The average Bonchev–Trinajstić information content (AvgIpc) is 2.48. The first-order chi connectivity index (χ1) is 9.81. The fraction of sp³-hybridized carbons (Fsp3) is 0.750. The Morgan fingerprint density at radius 1 is 1.05 bits per heavy atom. The zero-order valence-corrected chi connectivity index (χ0v) is 12.9. The molecule has 1 aromatic rings. The molecule has 112 valence electrons. The largest absolute Gasteiger partial charge is 0.369 e. The summed E-state index contributed by atoms with van der Waals surface area (Å²) in [6.45, 7) is 5.38. The Morgan fingerprint density at radius 3 is 2.50 bits per heavy atom. The average molecular weight is 276 g/mol. The molecule has 0 unspecified atom stereocenters. The van der Waals surface area contributed by atoms with E-state index in [9.17, 15) is 0 Å². The minimum absolute atomic E-state index is 0.568. The van der Waals surface area contributed by atoms with Crippen LogP contribution >= 0.6 is 0 Å². The number of nitrogens with zero attached hydrogens (tertiary/aromatic N) is 2. The van der Waals surface area contributed by atoms with Gasteiger partial charge in [-0.15, -0.1) is 0 Å². The lowest BCUT2D eigenvalue weighted by Crippen LogP contribution is -2.26. The van der Waals surface area contributed by atoms with Crippen molar-refractivity contribution in [3.05, 3.63) is 12.4 Å². The van der Waals surface area contributed by atoms with E-state index in [0.717, 1.165) is 30.5 Å². The molecule has 4 nitrogen and oxygen atoms in total. The molecule has 0 aromatic carbocycles. The standard InChI is InChI=1S/C16H28N4/c1-3-5-13-6-8-14(9-7-13)19-16-12-17-11-15(20-16)18-10-4-2/h11-14H,3-10H2,1-2H3,(H2,18,19,20). The molecule has 2 rings (SSSR count). The molecular formula is C16H28N4. The number of hydrogen-bond acceptors (Lipinski definition) is 4. The topological polar surface area (TPSA) is 49.8 Å². The molecule has 20 heavy (non-hydrogen) atoms. The van der Waals surface area contributed by atoms with Gasteiger partial charge in [0.15, 0.2) is 0 Å². The van der Waals surface area contributed by atoms with Gasteiger partial charge in [-0.1, -0.05) is 26.7 Å². The maximum atomic E-state index is 4.57. The molecule has 0 aliphatic heterocycles. The van der Waals surface area contributed by atoms with Crippen LogP contribution < -0.4 is 10.6 Å². The Kier molecular flexibility index (Phi) is 6.09. The molecule has 0 spiro atoms. The highest BCUT2D eigenvalue weighted by atomic mass is 15.1. The van der Waals surface area contributed by atoms with Crippen LogP contribution in [0.3, 0.4) is 0 Å². The molecular weight excluding hydrogens is 248 g/mol. The van der Waals surface area contributed by atoms with Gasteiger partial charge in [0.2, 0.25) is 0 Å². The molecule has 1 saturated carbocycles. The van der Waals surface area contributed by atoms with Gasteiger partial charge < -0.3 is 10.6 Å². The summed E-state index contributed by atoms with van der Waals surface area (Å²) in [7, 11) is 0. The molecule has 0 saturated heterocycles. The summed E-state index contributed by atoms with van der Waals surface area (Å²) in [5.74, 6) is 2.73. The van der Waals surface area contributed by atoms with E-state index in [1.807, 2.05) is 6.20 Å². The van der Waals surface area contributed by atoms with E-state index < -0.39 is 0 Å². The Balaban J connectivity index is 1.81. The lowest BCUT2D eigenvalue weighted by atomic mass is 9.83. The minimum atomic E-state index is 0.568. The maximum Gasteiger partial charge on any atom is 0.147 e. The van der Waals surface area contributed by atoms with Crippen LogP contribution in [0.5, 0.6) is 0 Å². The van der Waals surface area contributed by atoms with Gasteiger partial charge in [0.1, 0.15) is 11.6 Å². The van der Waals surface area contributed by atoms with Crippen molar-refractivity contribution in [2.24, 2.45) is 5.92 Å². The molecule has 1 fully saturated rings. The van der Waals surface area contributed by atoms with Crippen LogP contribution in [-0.4, -0.2) is 22.6 Å². The predicted molar refractivity (Wildman–Crippen MR) is 85.1 cm³/mol. The Bertz CT molecular complexity index is 386. The first-order valence-electron chi connectivity index (χ1n) is 8.14. The van der Waals surface area contributed by atoms with Crippen molar-refractivity contribution in [1.82, 2.24) is 9.97 Å². The summed E-state index contributed by atoms with van der Waals surface area (Å²) in [5, 5.41) is 6.83. The van der Waals surface area contributed by atoms with Crippen LogP contribution in [-0.2, 0) is 0 Å². The molecule has 0 radical (unpaired) electrons. The monoisotopic (exact) mass is 276 g/mol. The summed E-state index contributed by atoms with van der Waals surface area (Å²) in [6.07, 6.45) is 12.7. The van der Waals surface area contributed by atoms with E-state index in [1.54, 1.807) is 6.20 Å². The summed E-state index contributed by atoms with van der Waals surface area (Å²) < 4.78 is 0. The molecule has 2 N–H and O–H groups in total. The van der Waals surface area contributed by atoms with E-state index in [-0.39, 0.29) is 0 Å². The number of nitrogens with one attached hydrogen (secondary N) is 2. The lowest BCUT2D eigenvalue weighted by Gasteiger charge is -2.29. The second-order valence-electron chi connectivity index (χ2n) is 5.87. The van der Waals surface area contributed by atoms with Crippen molar-refractivity contribution in [2.45, 2.75) is 64.8 Å². The van der Waals surface area contributed by atoms with Crippen molar-refractivity contribution in [2.75, 3.05) is 17.2 Å². The second kappa shape index (κ2) is 8.08. The van der Waals surface area contributed by atoms with Crippen molar-refractivity contribution in [1.29, 1.82) is 0 Å². The van der Waals surface area contributed by atoms with E-state index in [0.29, 0.717) is 6.04 Å². The van der Waals surface area contributed by atoms with Crippen LogP contribution in [0.1, 0.15) is 58.8 Å². The van der Waals surface area contributed by atoms with Crippen molar-refractivity contribution < 1.29 is 0 Å². The Morgan fingerprint density at radius 2 is 1.80 bits per heavy atom. The zero-order valence-electron chi connectivity index (χ0n) is 12.9. The second-order valence-corrected chi connectivity index (χ2v) is 5.87. The molecule has 1 heterocycles. The summed E-state index contributed by atoms with van der Waals surface area (Å²) in [4.78, 5) is 8.83. The van der Waals surface area contributed by atoms with Gasteiger partial charge in [0.25, 0.3) is 0 Å². The maximum absolute atomic E-state index is 4.57. The van der Waals surface area contributed by atoms with Crippen LogP contribution in [0.25, 0.3) is 0 Å². The predicted octanol–water partition coefficient (Wildman–Crippen LogP) is 4.07. The first-order valence-corrected chi connectivity index (χ1v) is 8.14. The van der Waals surface area contributed by atoms with Crippen LogP contribution in [0, 0.1) is 5.92 Å². The van der Waals surface area contributed by atoms with Gasteiger partial charge in [-0.05, 0) is 38.0 Å². The highest BCUT2D eigenvalue weighted by molar-refractivity contribution is 5.42. The van der Waals surface area contributed by atoms with Gasteiger partial charge in [-0.3, -0.25) is 4.98 Å². The highest BCUT2D eigenvalue weighted by Crippen LogP contribution is 2.29. The van der Waals surface area contributed by atoms with Gasteiger partial charge >= 0.3 is 0 Å². The van der Waals surface area contributed by atoms with Gasteiger partial charge in [0, 0.05) is 12.6 Å². The minimum Gasteiger partial charge on any atom is -0.369 e. The Labute approximate surface area is 122 Å². The summed E-state index contributed by atoms with van der Waals surface area (Å²) in [5.41, 5.74) is 0. The highest BCUT2D eigenvalue weighted by Gasteiger charge is 2.20. The SMILES string of the molecule is CCCNc1cncc(NC2CCC(CCC)CC2)n1. The first kappa shape index (κ1) is 15.1. The van der Waals surface area contributed by atoms with Crippen molar-refractivity contribution in [3.63, 3.8) is 0 Å². The van der Waals surface area contributed by atoms with Gasteiger partial charge in [-0.25, -0.2) is 4.98 Å². The molecule has 1 aliphatic rings. The van der Waals surface area contributed by atoms with Gasteiger partial charge in [0.05, 0.1) is 12.4 Å². The fourth-order valence-corrected chi connectivity index (χ4v) is 2.99. The van der Waals surface area contributed by atoms with Crippen LogP contribution in [0.15, 0.2) is 12.4 Å². The van der Waals surface area contributed by atoms with E-state index in [1.165, 1.54) is 38.5 Å². The van der Waals surface area contributed by atoms with Crippen LogP contribution in [0.2, 0.25) is 0 Å². The number of anilines is 2. The molecule has 0 atom stereocenters. The van der Waals surface area contributed by atoms with E-state index >= 15 is 0 Å². The molecule has 0 amide bonds. The van der Waals surface area contributed by atoms with Crippen LogP contribution in [0.4, 0.5) is 11.6 Å². The number of aromatic nitrogens is 2. The number of hydrogen-bond donors (Lipinski definition) is 2. The summed E-state index contributed by atoms with van der Waals surface area (Å²) in [6, 6.07) is 0.568. The third-order valence-electron chi connectivity index (χ3n) is 4.09. The third-order valence-corrected chi connectivity index (χ3v) is 4.09. The molecule has 0 bridgehead atoms. The lowest BCUT2D eigenvalue weighted by molar-refractivity contribution is 0.318. The van der Waals surface area contributed by atoms with Crippen molar-refractivity contribution in [3.8, 4) is 0 Å². The van der Waals surface area contributed by atoms with Crippen molar-refractivity contribution >= 4 is 11.6 Å². The fourth-order valence-electron chi connectivity index (χ4n) is 2.99. The molecule has 1 aromatic heterocycles. The zero-order chi connectivity index (χ0) is 14.2.